The fourth-order valence-electron chi connectivity index (χ4n) is 3.71. The number of halogens is 1. The van der Waals surface area contributed by atoms with Crippen molar-refractivity contribution in [2.24, 2.45) is 5.10 Å². The van der Waals surface area contributed by atoms with E-state index in [1.807, 2.05) is 66.0 Å². The van der Waals surface area contributed by atoms with Gasteiger partial charge in [0.2, 0.25) is 0 Å². The quantitative estimate of drug-likeness (QED) is 0.113. The highest BCUT2D eigenvalue weighted by Crippen LogP contribution is 2.28. The molecule has 3 N–H and O–H groups in total. The number of hydrogen-bond acceptors (Lipinski definition) is 7. The van der Waals surface area contributed by atoms with Crippen molar-refractivity contribution in [2.75, 3.05) is 17.2 Å². The lowest BCUT2D eigenvalue weighted by atomic mass is 10.1. The van der Waals surface area contributed by atoms with Gasteiger partial charge in [0.25, 0.3) is 11.8 Å². The predicted octanol–water partition coefficient (Wildman–Crippen LogP) is 7.10. The molecule has 0 atom stereocenters. The average Bonchev–Trinajstić information content (AvgIpc) is 3.46. The van der Waals surface area contributed by atoms with Crippen LogP contribution in [0.25, 0.3) is 11.3 Å². The zero-order valence-corrected chi connectivity index (χ0v) is 24.0. The van der Waals surface area contributed by atoms with Crippen molar-refractivity contribution in [1.82, 2.24) is 10.4 Å². The van der Waals surface area contributed by atoms with Crippen molar-refractivity contribution in [1.29, 1.82) is 0 Å². The van der Waals surface area contributed by atoms with Crippen molar-refractivity contribution in [2.45, 2.75) is 0 Å². The van der Waals surface area contributed by atoms with Gasteiger partial charge in [-0.25, -0.2) is 10.4 Å². The number of carbonyl (C=O) groups excluding carboxylic acids is 2. The van der Waals surface area contributed by atoms with Crippen LogP contribution in [0.15, 0.2) is 118 Å². The van der Waals surface area contributed by atoms with Crippen LogP contribution in [0.5, 0.6) is 5.75 Å². The number of hydrazone groups is 1. The number of hydrogen-bond donors (Lipinski definition) is 3. The number of rotatable bonds is 10. The number of nitrogens with one attached hydrogen (secondary N) is 3. The molecular weight excluding hydrogens is 602 g/mol. The van der Waals surface area contributed by atoms with Crippen molar-refractivity contribution < 1.29 is 14.3 Å². The number of para-hydroxylation sites is 2. The SMILES string of the molecule is O=C(COc1ccc(/C=N/NC(=O)c2ccc(-c3csc(Nc4ccccc4)n3)cc2)cc1Br)Nc1ccccc1. The summed E-state index contributed by atoms with van der Waals surface area (Å²) in [6, 6.07) is 31.5. The van der Waals surface area contributed by atoms with Crippen LogP contribution in [0.4, 0.5) is 16.5 Å². The molecule has 204 valence electrons. The molecule has 0 saturated heterocycles. The number of nitrogens with zero attached hydrogens (tertiary/aromatic N) is 2. The Labute approximate surface area is 249 Å². The van der Waals surface area contributed by atoms with Crippen LogP contribution in [0.2, 0.25) is 0 Å². The maximum absolute atomic E-state index is 12.6. The second kappa shape index (κ2) is 13.5. The number of carbonyl (C=O) groups is 2. The van der Waals surface area contributed by atoms with Crippen LogP contribution in [0.1, 0.15) is 15.9 Å². The van der Waals surface area contributed by atoms with Crippen LogP contribution in [-0.4, -0.2) is 29.6 Å². The minimum Gasteiger partial charge on any atom is -0.483 e. The summed E-state index contributed by atoms with van der Waals surface area (Å²) >= 11 is 4.97. The van der Waals surface area contributed by atoms with E-state index < -0.39 is 0 Å². The normalized spacial score (nSPS) is 10.8. The maximum atomic E-state index is 12.6. The Balaban J connectivity index is 1.11. The molecule has 41 heavy (non-hydrogen) atoms. The largest absolute Gasteiger partial charge is 0.483 e. The molecule has 0 bridgehead atoms. The van der Waals surface area contributed by atoms with Gasteiger partial charge < -0.3 is 15.4 Å². The minimum absolute atomic E-state index is 0.135. The molecule has 0 aliphatic carbocycles. The lowest BCUT2D eigenvalue weighted by Crippen LogP contribution is -2.20. The molecule has 10 heteroatoms. The first-order chi connectivity index (χ1) is 20.0. The van der Waals surface area contributed by atoms with Gasteiger partial charge in [-0.1, -0.05) is 48.5 Å². The van der Waals surface area contributed by atoms with E-state index in [1.165, 1.54) is 17.6 Å². The van der Waals surface area contributed by atoms with Gasteiger partial charge in [-0.15, -0.1) is 11.3 Å². The summed E-state index contributed by atoms with van der Waals surface area (Å²) in [7, 11) is 0. The molecule has 5 aromatic rings. The molecule has 0 radical (unpaired) electrons. The van der Waals surface area contributed by atoms with Gasteiger partial charge in [0, 0.05) is 27.9 Å². The monoisotopic (exact) mass is 625 g/mol. The van der Waals surface area contributed by atoms with Crippen LogP contribution in [0.3, 0.4) is 0 Å². The Hall–Kier alpha value is -4.80. The van der Waals surface area contributed by atoms with Crippen LogP contribution >= 0.6 is 27.3 Å². The smallest absolute Gasteiger partial charge is 0.271 e. The molecular formula is C31H24BrN5O3S. The first-order valence-electron chi connectivity index (χ1n) is 12.5. The van der Waals surface area contributed by atoms with Crippen molar-refractivity contribution >= 4 is 61.8 Å². The molecule has 2 amide bonds. The van der Waals surface area contributed by atoms with E-state index in [0.717, 1.165) is 27.6 Å². The van der Waals surface area contributed by atoms with Crippen LogP contribution in [-0.2, 0) is 4.79 Å². The van der Waals surface area contributed by atoms with Gasteiger partial charge in [-0.2, -0.15) is 5.10 Å². The molecule has 4 aromatic carbocycles. The second-order valence-electron chi connectivity index (χ2n) is 8.70. The first kappa shape index (κ1) is 27.8. The molecule has 0 aliphatic rings. The Morgan fingerprint density at radius 3 is 2.32 bits per heavy atom. The molecule has 0 spiro atoms. The number of thiazole rings is 1. The molecule has 0 fully saturated rings. The molecule has 0 unspecified atom stereocenters. The summed E-state index contributed by atoms with van der Waals surface area (Å²) in [5, 5.41) is 12.9. The van der Waals surface area contributed by atoms with Gasteiger partial charge in [0.05, 0.1) is 16.4 Å². The summed E-state index contributed by atoms with van der Waals surface area (Å²) in [5.41, 5.74) is 7.16. The lowest BCUT2D eigenvalue weighted by Gasteiger charge is -2.09. The zero-order chi connectivity index (χ0) is 28.4. The van der Waals surface area contributed by atoms with E-state index in [4.69, 9.17) is 4.74 Å². The highest BCUT2D eigenvalue weighted by molar-refractivity contribution is 9.10. The zero-order valence-electron chi connectivity index (χ0n) is 21.6. The fraction of sp³-hybridized carbons (Fsp3) is 0.0323. The molecule has 1 heterocycles. The first-order valence-corrected chi connectivity index (χ1v) is 14.2. The van der Waals surface area contributed by atoms with Gasteiger partial charge in [-0.05, 0) is 76.1 Å². The Morgan fingerprint density at radius 1 is 0.902 bits per heavy atom. The van der Waals surface area contributed by atoms with E-state index in [1.54, 1.807) is 42.5 Å². The molecule has 8 nitrogen and oxygen atoms in total. The summed E-state index contributed by atoms with van der Waals surface area (Å²) in [6.45, 7) is -0.135. The van der Waals surface area contributed by atoms with Crippen molar-refractivity contribution in [3.63, 3.8) is 0 Å². The number of ether oxygens (including phenoxy) is 1. The van der Waals surface area contributed by atoms with E-state index in [0.29, 0.717) is 21.5 Å². The third-order valence-electron chi connectivity index (χ3n) is 5.72. The van der Waals surface area contributed by atoms with Gasteiger partial charge in [-0.3, -0.25) is 9.59 Å². The minimum atomic E-state index is -0.332. The van der Waals surface area contributed by atoms with E-state index in [2.05, 4.69) is 42.1 Å². The Bertz CT molecular complexity index is 1660. The summed E-state index contributed by atoms with van der Waals surface area (Å²) in [5.74, 6) is -0.0839. The third-order valence-corrected chi connectivity index (χ3v) is 7.10. The van der Waals surface area contributed by atoms with E-state index >= 15 is 0 Å². The lowest BCUT2D eigenvalue weighted by molar-refractivity contribution is -0.118. The highest BCUT2D eigenvalue weighted by Gasteiger charge is 2.09. The van der Waals surface area contributed by atoms with Crippen LogP contribution in [0, 0.1) is 0 Å². The topological polar surface area (TPSA) is 105 Å². The number of anilines is 3. The van der Waals surface area contributed by atoms with Crippen LogP contribution < -0.4 is 20.8 Å². The summed E-state index contributed by atoms with van der Waals surface area (Å²) < 4.78 is 6.27. The summed E-state index contributed by atoms with van der Waals surface area (Å²) in [6.07, 6.45) is 1.53. The van der Waals surface area contributed by atoms with Crippen molar-refractivity contribution in [3.05, 3.63) is 124 Å². The molecule has 0 saturated carbocycles. The standard InChI is InChI=1S/C31H24BrN5O3S/c32-26-17-21(11-16-28(26)40-19-29(38)34-24-7-3-1-4-8-24)18-33-37-30(39)23-14-12-22(13-15-23)27-20-41-31(36-27)35-25-9-5-2-6-10-25/h1-18,20H,19H2,(H,34,38)(H,35,36)(H,37,39)/b33-18+. The predicted molar refractivity (Wildman–Crippen MR) is 167 cm³/mol. The highest BCUT2D eigenvalue weighted by atomic mass is 79.9. The maximum Gasteiger partial charge on any atom is 0.271 e. The molecule has 5 rings (SSSR count). The second-order valence-corrected chi connectivity index (χ2v) is 10.4. The molecule has 1 aromatic heterocycles. The number of aromatic nitrogens is 1. The van der Waals surface area contributed by atoms with Gasteiger partial charge >= 0.3 is 0 Å². The molecule has 0 aliphatic heterocycles. The fourth-order valence-corrected chi connectivity index (χ4v) is 4.96. The average molecular weight is 627 g/mol. The summed E-state index contributed by atoms with van der Waals surface area (Å²) in [4.78, 5) is 29.3. The van der Waals surface area contributed by atoms with Gasteiger partial charge in [0.1, 0.15) is 5.75 Å². The van der Waals surface area contributed by atoms with E-state index in [9.17, 15) is 9.59 Å². The number of benzene rings is 4. The third kappa shape index (κ3) is 7.87. The Morgan fingerprint density at radius 2 is 1.61 bits per heavy atom. The Kier molecular flexibility index (Phi) is 9.15. The van der Waals surface area contributed by atoms with Gasteiger partial charge in [0.15, 0.2) is 11.7 Å². The number of amides is 2. The van der Waals surface area contributed by atoms with E-state index in [-0.39, 0.29) is 18.4 Å². The van der Waals surface area contributed by atoms with Crippen molar-refractivity contribution in [3.8, 4) is 17.0 Å².